The fourth-order valence-electron chi connectivity index (χ4n) is 2.05. The Morgan fingerprint density at radius 2 is 2.20 bits per heavy atom. The molecule has 0 heterocycles. The molecule has 86 valence electrons. The Morgan fingerprint density at radius 3 is 2.93 bits per heavy atom. The lowest BCUT2D eigenvalue weighted by molar-refractivity contribution is 0.603. The van der Waals surface area contributed by atoms with Crippen molar-refractivity contribution in [2.75, 3.05) is 13.1 Å². The van der Waals surface area contributed by atoms with Crippen LogP contribution in [0, 0.1) is 0 Å². The summed E-state index contributed by atoms with van der Waals surface area (Å²) in [5, 5.41) is 3.52. The molecule has 0 aliphatic heterocycles. The molecule has 15 heavy (non-hydrogen) atoms. The first-order valence-corrected chi connectivity index (χ1v) is 6.43. The van der Waals surface area contributed by atoms with Gasteiger partial charge in [0.2, 0.25) is 0 Å². The molecule has 0 bridgehead atoms. The van der Waals surface area contributed by atoms with Gasteiger partial charge in [-0.15, -0.1) is 6.58 Å². The summed E-state index contributed by atoms with van der Waals surface area (Å²) in [6.07, 6.45) is 14.9. The number of rotatable bonds is 9. The van der Waals surface area contributed by atoms with Gasteiger partial charge >= 0.3 is 0 Å². The van der Waals surface area contributed by atoms with Crippen molar-refractivity contribution in [3.63, 3.8) is 0 Å². The van der Waals surface area contributed by atoms with Gasteiger partial charge in [0.1, 0.15) is 0 Å². The van der Waals surface area contributed by atoms with E-state index in [2.05, 4.69) is 18.0 Å². The molecule has 1 rings (SSSR count). The fraction of sp³-hybridized carbons (Fsp3) is 0.714. The maximum atomic E-state index is 3.73. The molecule has 0 spiro atoms. The van der Waals surface area contributed by atoms with E-state index in [1.807, 2.05) is 6.08 Å². The summed E-state index contributed by atoms with van der Waals surface area (Å²) in [5.41, 5.74) is 1.68. The molecule has 0 saturated carbocycles. The van der Waals surface area contributed by atoms with Gasteiger partial charge in [-0.05, 0) is 58.0 Å². The smallest absolute Gasteiger partial charge is 0.00116 e. The van der Waals surface area contributed by atoms with Crippen LogP contribution in [0.15, 0.2) is 24.3 Å². The van der Waals surface area contributed by atoms with Crippen molar-refractivity contribution in [1.29, 1.82) is 0 Å². The van der Waals surface area contributed by atoms with Gasteiger partial charge in [0.05, 0.1) is 0 Å². The summed E-state index contributed by atoms with van der Waals surface area (Å²) in [6, 6.07) is 0. The molecule has 1 N–H and O–H groups in total. The Bertz CT molecular complexity index is 194. The number of hydrogen-bond donors (Lipinski definition) is 1. The zero-order valence-electron chi connectivity index (χ0n) is 9.93. The lowest BCUT2D eigenvalue weighted by Crippen LogP contribution is -2.16. The van der Waals surface area contributed by atoms with Crippen LogP contribution >= 0.6 is 0 Å². The van der Waals surface area contributed by atoms with Crippen LogP contribution in [0.25, 0.3) is 0 Å². The van der Waals surface area contributed by atoms with Crippen molar-refractivity contribution in [3.05, 3.63) is 24.3 Å². The second-order valence-corrected chi connectivity index (χ2v) is 4.39. The number of nitrogens with one attached hydrogen (secondary N) is 1. The van der Waals surface area contributed by atoms with Crippen molar-refractivity contribution in [1.82, 2.24) is 5.32 Å². The predicted octanol–water partition coefficient (Wildman–Crippen LogP) is 3.82. The molecule has 1 aliphatic rings. The third-order valence-electron chi connectivity index (χ3n) is 3.02. The van der Waals surface area contributed by atoms with Gasteiger partial charge in [-0.3, -0.25) is 0 Å². The van der Waals surface area contributed by atoms with Crippen LogP contribution in [0.3, 0.4) is 0 Å². The molecule has 0 aromatic carbocycles. The minimum absolute atomic E-state index is 1.17. The van der Waals surface area contributed by atoms with Gasteiger partial charge in [-0.1, -0.05) is 24.1 Å². The highest BCUT2D eigenvalue weighted by Gasteiger charge is 2.02. The largest absolute Gasteiger partial charge is 0.316 e. The van der Waals surface area contributed by atoms with Crippen LogP contribution < -0.4 is 5.32 Å². The minimum Gasteiger partial charge on any atom is -0.316 e. The summed E-state index contributed by atoms with van der Waals surface area (Å²) in [4.78, 5) is 0. The maximum absolute atomic E-state index is 3.73. The van der Waals surface area contributed by atoms with Gasteiger partial charge in [-0.25, -0.2) is 0 Å². The van der Waals surface area contributed by atoms with Crippen LogP contribution in [0.2, 0.25) is 0 Å². The molecular formula is C14H25N. The van der Waals surface area contributed by atoms with E-state index in [1.54, 1.807) is 5.57 Å². The Balaban J connectivity index is 1.78. The fourth-order valence-corrected chi connectivity index (χ4v) is 2.05. The van der Waals surface area contributed by atoms with E-state index in [-0.39, 0.29) is 0 Å². The van der Waals surface area contributed by atoms with E-state index in [0.717, 1.165) is 0 Å². The predicted molar refractivity (Wildman–Crippen MR) is 68.1 cm³/mol. The van der Waals surface area contributed by atoms with Crippen LogP contribution in [-0.2, 0) is 0 Å². The van der Waals surface area contributed by atoms with E-state index < -0.39 is 0 Å². The molecule has 1 heteroatoms. The second kappa shape index (κ2) is 8.72. The standard InChI is InChI=1S/C14H25N/c1-2-3-4-5-8-12-15-13-11-14-9-6-7-10-14/h2,9,15H,1,3-8,10-13H2. The normalized spacial score (nSPS) is 15.3. The van der Waals surface area contributed by atoms with Crippen LogP contribution in [-0.4, -0.2) is 13.1 Å². The van der Waals surface area contributed by atoms with Gasteiger partial charge in [-0.2, -0.15) is 0 Å². The number of allylic oxidation sites excluding steroid dienone is 2. The summed E-state index contributed by atoms with van der Waals surface area (Å²) in [6.45, 7) is 6.09. The Kier molecular flexibility index (Phi) is 7.28. The minimum atomic E-state index is 1.17. The zero-order valence-corrected chi connectivity index (χ0v) is 9.93. The Hall–Kier alpha value is -0.560. The Labute approximate surface area is 94.6 Å². The first kappa shape index (κ1) is 12.5. The highest BCUT2D eigenvalue weighted by Crippen LogP contribution is 2.19. The summed E-state index contributed by atoms with van der Waals surface area (Å²) in [5.74, 6) is 0. The number of hydrogen-bond acceptors (Lipinski definition) is 1. The first-order chi connectivity index (χ1) is 7.43. The molecule has 0 atom stereocenters. The molecule has 0 aromatic heterocycles. The van der Waals surface area contributed by atoms with Gasteiger partial charge in [0, 0.05) is 0 Å². The maximum Gasteiger partial charge on any atom is -0.00116 e. The molecule has 0 saturated heterocycles. The lowest BCUT2D eigenvalue weighted by Gasteiger charge is -2.04. The molecule has 0 aromatic rings. The third-order valence-corrected chi connectivity index (χ3v) is 3.02. The van der Waals surface area contributed by atoms with E-state index in [0.29, 0.717) is 0 Å². The molecule has 0 amide bonds. The van der Waals surface area contributed by atoms with Crippen molar-refractivity contribution >= 4 is 0 Å². The molecule has 0 radical (unpaired) electrons. The molecule has 0 unspecified atom stereocenters. The van der Waals surface area contributed by atoms with E-state index >= 15 is 0 Å². The Morgan fingerprint density at radius 1 is 1.27 bits per heavy atom. The highest BCUT2D eigenvalue weighted by molar-refractivity contribution is 5.07. The molecule has 1 nitrogen and oxygen atoms in total. The van der Waals surface area contributed by atoms with E-state index in [9.17, 15) is 0 Å². The van der Waals surface area contributed by atoms with Crippen molar-refractivity contribution in [3.8, 4) is 0 Å². The SMILES string of the molecule is C=CCCCCCNCCC1=CCCC1. The van der Waals surface area contributed by atoms with Gasteiger partial charge < -0.3 is 5.32 Å². The van der Waals surface area contributed by atoms with Gasteiger partial charge in [0.15, 0.2) is 0 Å². The quantitative estimate of drug-likeness (QED) is 0.447. The van der Waals surface area contributed by atoms with E-state index in [4.69, 9.17) is 0 Å². The summed E-state index contributed by atoms with van der Waals surface area (Å²) < 4.78 is 0. The molecular weight excluding hydrogens is 182 g/mol. The zero-order chi connectivity index (χ0) is 10.8. The summed E-state index contributed by atoms with van der Waals surface area (Å²) in [7, 11) is 0. The van der Waals surface area contributed by atoms with Gasteiger partial charge in [0.25, 0.3) is 0 Å². The van der Waals surface area contributed by atoms with Crippen molar-refractivity contribution < 1.29 is 0 Å². The number of unbranched alkanes of at least 4 members (excludes halogenated alkanes) is 3. The van der Waals surface area contributed by atoms with Crippen molar-refractivity contribution in [2.24, 2.45) is 0 Å². The van der Waals surface area contributed by atoms with Crippen LogP contribution in [0.5, 0.6) is 0 Å². The monoisotopic (exact) mass is 207 g/mol. The van der Waals surface area contributed by atoms with Crippen molar-refractivity contribution in [2.45, 2.75) is 51.4 Å². The average Bonchev–Trinajstić information content (AvgIpc) is 2.75. The van der Waals surface area contributed by atoms with Crippen LogP contribution in [0.4, 0.5) is 0 Å². The highest BCUT2D eigenvalue weighted by atomic mass is 14.8. The topological polar surface area (TPSA) is 12.0 Å². The second-order valence-electron chi connectivity index (χ2n) is 4.39. The third kappa shape index (κ3) is 6.51. The average molecular weight is 207 g/mol. The summed E-state index contributed by atoms with van der Waals surface area (Å²) >= 11 is 0. The molecule has 0 fully saturated rings. The first-order valence-electron chi connectivity index (χ1n) is 6.43. The van der Waals surface area contributed by atoms with E-state index in [1.165, 1.54) is 64.5 Å². The van der Waals surface area contributed by atoms with Crippen LogP contribution in [0.1, 0.15) is 51.4 Å². The lowest BCUT2D eigenvalue weighted by atomic mass is 10.1. The molecule has 1 aliphatic carbocycles.